The van der Waals surface area contributed by atoms with Crippen molar-refractivity contribution >= 4 is 40.5 Å². The van der Waals surface area contributed by atoms with E-state index >= 15 is 0 Å². The van der Waals surface area contributed by atoms with Crippen molar-refractivity contribution in [3.05, 3.63) is 46.1 Å². The summed E-state index contributed by atoms with van der Waals surface area (Å²) < 4.78 is 12.4. The van der Waals surface area contributed by atoms with Gasteiger partial charge in [0, 0.05) is 63.9 Å². The van der Waals surface area contributed by atoms with Gasteiger partial charge in [0.1, 0.15) is 6.04 Å². The molecular formula is C32H44N8O7. The summed E-state index contributed by atoms with van der Waals surface area (Å²) in [6.07, 6.45) is 2.07. The zero-order valence-electron chi connectivity index (χ0n) is 27.0. The van der Waals surface area contributed by atoms with Crippen LogP contribution in [0.1, 0.15) is 66.9 Å². The van der Waals surface area contributed by atoms with Crippen LogP contribution < -0.4 is 26.5 Å². The smallest absolute Gasteiger partial charge is 0.326 e. The van der Waals surface area contributed by atoms with Gasteiger partial charge in [0.05, 0.1) is 24.2 Å². The van der Waals surface area contributed by atoms with Gasteiger partial charge < -0.3 is 40.0 Å². The summed E-state index contributed by atoms with van der Waals surface area (Å²) in [7, 11) is 0. The Morgan fingerprint density at radius 3 is 2.51 bits per heavy atom. The van der Waals surface area contributed by atoms with E-state index in [0.29, 0.717) is 101 Å². The molecule has 0 aliphatic carbocycles. The molecule has 254 valence electrons. The van der Waals surface area contributed by atoms with E-state index in [9.17, 15) is 24.0 Å². The molecule has 0 unspecified atom stereocenters. The molecule has 1 aromatic carbocycles. The first-order valence-electron chi connectivity index (χ1n) is 16.4. The van der Waals surface area contributed by atoms with E-state index < -0.39 is 6.04 Å². The van der Waals surface area contributed by atoms with Crippen molar-refractivity contribution < 1.29 is 28.4 Å². The van der Waals surface area contributed by atoms with Crippen molar-refractivity contribution in [1.29, 1.82) is 0 Å². The van der Waals surface area contributed by atoms with Gasteiger partial charge >= 0.3 is 5.69 Å². The van der Waals surface area contributed by atoms with Crippen LogP contribution in [0.4, 0.5) is 5.82 Å². The standard InChI is InChI=1S/C32H44N8O7/c1-3-21(2)28-30(43)34-11-6-14-40-24-19-22(8-9-23(24)35-32(40)45)29(42)33-10-5-13-39(12-4-7-27(41)36-28)31(44)25-20-26(37-47-25)38-15-17-46-18-16-38/h8-9,19-21,28H,3-7,10-18H2,1-2H3,(H,33,42)(H,34,43)(H,35,45)(H,36,41)/t21-,28-/m0/s1. The maximum absolute atomic E-state index is 13.6. The summed E-state index contributed by atoms with van der Waals surface area (Å²) in [5.74, 6) is -0.703. The van der Waals surface area contributed by atoms with E-state index in [1.54, 1.807) is 33.7 Å². The first-order valence-corrected chi connectivity index (χ1v) is 16.4. The van der Waals surface area contributed by atoms with Crippen molar-refractivity contribution in [3.63, 3.8) is 0 Å². The number of carbonyl (C=O) groups excluding carboxylic acids is 4. The van der Waals surface area contributed by atoms with Gasteiger partial charge in [-0.25, -0.2) is 4.79 Å². The Bertz CT molecular complexity index is 1620. The molecule has 15 nitrogen and oxygen atoms in total. The Balaban J connectivity index is 1.34. The SMILES string of the molecule is CC[C@H](C)[C@@H]1NC(=O)CCCN(C(=O)c2cc(N3CCOCC3)no2)CCCNC(=O)c2ccc3[nH]c(=O)n(c3c2)CCCNC1=O. The van der Waals surface area contributed by atoms with E-state index in [2.05, 4.69) is 26.1 Å². The minimum Gasteiger partial charge on any atom is -0.378 e. The van der Waals surface area contributed by atoms with E-state index in [4.69, 9.17) is 9.26 Å². The second-order valence-corrected chi connectivity index (χ2v) is 12.0. The summed E-state index contributed by atoms with van der Waals surface area (Å²) in [6.45, 7) is 7.75. The zero-order valence-corrected chi connectivity index (χ0v) is 27.0. The van der Waals surface area contributed by atoms with Crippen LogP contribution in [0.25, 0.3) is 11.0 Å². The number of aromatic amines is 1. The van der Waals surface area contributed by atoms with Gasteiger partial charge in [-0.15, -0.1) is 0 Å². The van der Waals surface area contributed by atoms with E-state index in [-0.39, 0.29) is 54.0 Å². The zero-order chi connectivity index (χ0) is 33.3. The molecule has 4 N–H and O–H groups in total. The van der Waals surface area contributed by atoms with Gasteiger partial charge in [0.15, 0.2) is 5.82 Å². The number of anilines is 1. The predicted octanol–water partition coefficient (Wildman–Crippen LogP) is 1.25. The fraction of sp³-hybridized carbons (Fsp3) is 0.562. The number of imidazole rings is 1. The highest BCUT2D eigenvalue weighted by Gasteiger charge is 2.27. The molecule has 4 heterocycles. The molecule has 2 bridgehead atoms. The molecule has 0 spiro atoms. The highest BCUT2D eigenvalue weighted by molar-refractivity contribution is 5.97. The van der Waals surface area contributed by atoms with E-state index in [0.717, 1.165) is 0 Å². The number of hydrogen-bond acceptors (Lipinski definition) is 9. The van der Waals surface area contributed by atoms with Crippen LogP contribution in [0.5, 0.6) is 0 Å². The maximum Gasteiger partial charge on any atom is 0.326 e. The summed E-state index contributed by atoms with van der Waals surface area (Å²) in [5.41, 5.74) is 1.29. The minimum atomic E-state index is -0.720. The summed E-state index contributed by atoms with van der Waals surface area (Å²) in [5, 5.41) is 12.8. The molecule has 2 aliphatic rings. The highest BCUT2D eigenvalue weighted by Crippen LogP contribution is 2.18. The average molecular weight is 653 g/mol. The number of H-pyrrole nitrogens is 1. The molecule has 5 rings (SSSR count). The molecule has 2 aliphatic heterocycles. The molecule has 47 heavy (non-hydrogen) atoms. The Morgan fingerprint density at radius 1 is 0.979 bits per heavy atom. The number of hydrogen-bond donors (Lipinski definition) is 4. The number of aromatic nitrogens is 3. The molecule has 2 atom stereocenters. The lowest BCUT2D eigenvalue weighted by atomic mass is 9.98. The van der Waals surface area contributed by atoms with Gasteiger partial charge in [-0.2, -0.15) is 0 Å². The monoisotopic (exact) mass is 652 g/mol. The topological polar surface area (TPSA) is 184 Å². The summed E-state index contributed by atoms with van der Waals surface area (Å²) in [4.78, 5) is 71.8. The molecule has 0 radical (unpaired) electrons. The first-order chi connectivity index (χ1) is 22.7. The van der Waals surface area contributed by atoms with Gasteiger partial charge in [0.2, 0.25) is 17.6 Å². The van der Waals surface area contributed by atoms with E-state index in [1.807, 2.05) is 18.7 Å². The summed E-state index contributed by atoms with van der Waals surface area (Å²) in [6, 6.07) is 5.92. The Kier molecular flexibility index (Phi) is 11.3. The van der Waals surface area contributed by atoms with Crippen LogP contribution in [-0.2, 0) is 20.9 Å². The molecule has 15 heteroatoms. The molecule has 2 aromatic heterocycles. The Hall–Kier alpha value is -4.66. The van der Waals surface area contributed by atoms with Crippen LogP contribution in [-0.4, -0.2) is 102 Å². The number of amides is 4. The van der Waals surface area contributed by atoms with Crippen LogP contribution in [0.3, 0.4) is 0 Å². The first kappa shape index (κ1) is 33.7. The van der Waals surface area contributed by atoms with Crippen LogP contribution in [0, 0.1) is 5.92 Å². The molecule has 1 fully saturated rings. The molecule has 0 saturated carbocycles. The van der Waals surface area contributed by atoms with Crippen molar-refractivity contribution in [2.45, 2.75) is 58.5 Å². The van der Waals surface area contributed by atoms with Crippen molar-refractivity contribution in [2.24, 2.45) is 5.92 Å². The van der Waals surface area contributed by atoms with Gasteiger partial charge in [-0.1, -0.05) is 25.4 Å². The third kappa shape index (κ3) is 8.39. The normalized spacial score (nSPS) is 20.3. The van der Waals surface area contributed by atoms with Crippen molar-refractivity contribution in [3.8, 4) is 0 Å². The quantitative estimate of drug-likeness (QED) is 0.322. The second kappa shape index (κ2) is 15.8. The lowest BCUT2D eigenvalue weighted by Gasteiger charge is -2.25. The van der Waals surface area contributed by atoms with Crippen molar-refractivity contribution in [1.82, 2.24) is 35.6 Å². The number of ether oxygens (including phenoxy) is 1. The highest BCUT2D eigenvalue weighted by atomic mass is 16.5. The van der Waals surface area contributed by atoms with Crippen LogP contribution in [0.15, 0.2) is 33.6 Å². The minimum absolute atomic E-state index is 0.0878. The van der Waals surface area contributed by atoms with Crippen LogP contribution >= 0.6 is 0 Å². The summed E-state index contributed by atoms with van der Waals surface area (Å²) >= 11 is 0. The number of nitrogens with zero attached hydrogens (tertiary/aromatic N) is 4. The predicted molar refractivity (Wildman–Crippen MR) is 173 cm³/mol. The number of carbonyl (C=O) groups is 4. The second-order valence-electron chi connectivity index (χ2n) is 12.0. The third-order valence-electron chi connectivity index (χ3n) is 8.76. The molecular weight excluding hydrogens is 608 g/mol. The van der Waals surface area contributed by atoms with Crippen LogP contribution in [0.2, 0.25) is 0 Å². The van der Waals surface area contributed by atoms with Crippen molar-refractivity contribution in [2.75, 3.05) is 57.4 Å². The number of aryl methyl sites for hydroxylation is 1. The molecule has 4 amide bonds. The number of morpholine rings is 1. The third-order valence-corrected chi connectivity index (χ3v) is 8.76. The average Bonchev–Trinajstić information content (AvgIpc) is 3.70. The van der Waals surface area contributed by atoms with Gasteiger partial charge in [-0.05, 0) is 43.4 Å². The number of benzene rings is 1. The number of nitrogens with one attached hydrogen (secondary N) is 4. The van der Waals surface area contributed by atoms with Gasteiger partial charge in [0.25, 0.3) is 11.8 Å². The van der Waals surface area contributed by atoms with Gasteiger partial charge in [-0.3, -0.25) is 23.7 Å². The fourth-order valence-corrected chi connectivity index (χ4v) is 5.81. The Labute approximate surface area is 272 Å². The lowest BCUT2D eigenvalue weighted by molar-refractivity contribution is -0.130. The molecule has 3 aromatic rings. The number of rotatable bonds is 4. The fourth-order valence-electron chi connectivity index (χ4n) is 5.81. The van der Waals surface area contributed by atoms with E-state index in [1.165, 1.54) is 0 Å². The largest absolute Gasteiger partial charge is 0.378 e. The Morgan fingerprint density at radius 2 is 1.72 bits per heavy atom. The number of fused-ring (bicyclic) bond motifs is 1. The lowest BCUT2D eigenvalue weighted by Crippen LogP contribution is -2.50. The molecule has 1 saturated heterocycles. The maximum atomic E-state index is 13.6.